The number of hydrogen-bond acceptors (Lipinski definition) is 13. The molecule has 17 heteroatoms. The SMILES string of the molecule is Cc1ncnn2c([C@]3(C#N)O[C@](F)(COP(=O)(N[C@@H](CC(=O)OCCC(C)C)C(=O)OCCC(C)C)Oc4ccccc4)[C@@H](O)[C@H]3O)ccc12. The Balaban J connectivity index is 1.62. The zero-order valence-electron chi connectivity index (χ0n) is 28.5. The smallest absolute Gasteiger partial charge is 0.459 e. The van der Waals surface area contributed by atoms with Crippen LogP contribution in [0.2, 0.25) is 0 Å². The summed E-state index contributed by atoms with van der Waals surface area (Å²) in [6.45, 7) is 8.08. The van der Waals surface area contributed by atoms with Gasteiger partial charge in [0, 0.05) is 0 Å². The molecule has 15 nitrogen and oxygen atoms in total. The van der Waals surface area contributed by atoms with Crippen molar-refractivity contribution in [3.05, 3.63) is 60.2 Å². The van der Waals surface area contributed by atoms with Gasteiger partial charge in [-0.05, 0) is 55.9 Å². The van der Waals surface area contributed by atoms with Crippen LogP contribution < -0.4 is 9.61 Å². The molecule has 1 unspecified atom stereocenters. The van der Waals surface area contributed by atoms with E-state index in [2.05, 4.69) is 15.2 Å². The lowest BCUT2D eigenvalue weighted by Gasteiger charge is -2.28. The summed E-state index contributed by atoms with van der Waals surface area (Å²) in [6.07, 6.45) is -2.99. The number of halogens is 1. The average Bonchev–Trinajstić information content (AvgIpc) is 3.59. The fourth-order valence-electron chi connectivity index (χ4n) is 5.04. The number of nitrogens with one attached hydrogen (secondary N) is 1. The van der Waals surface area contributed by atoms with Crippen molar-refractivity contribution in [2.75, 3.05) is 19.8 Å². The van der Waals surface area contributed by atoms with Crippen LogP contribution in [0.5, 0.6) is 5.75 Å². The Kier molecular flexibility index (Phi) is 12.7. The number of aliphatic hydroxyl groups excluding tert-OH is 2. The molecule has 6 atom stereocenters. The maximum absolute atomic E-state index is 16.6. The van der Waals surface area contributed by atoms with Crippen molar-refractivity contribution in [1.82, 2.24) is 19.7 Å². The van der Waals surface area contributed by atoms with Crippen molar-refractivity contribution in [3.63, 3.8) is 0 Å². The molecular formula is C33H43FN5O10P. The number of para-hydroxylation sites is 1. The van der Waals surface area contributed by atoms with E-state index in [0.717, 1.165) is 0 Å². The van der Waals surface area contributed by atoms with Gasteiger partial charge in [-0.2, -0.15) is 15.4 Å². The van der Waals surface area contributed by atoms with Gasteiger partial charge < -0.3 is 28.9 Å². The minimum atomic E-state index is -4.88. The lowest BCUT2D eigenvalue weighted by molar-refractivity contribution is -0.208. The van der Waals surface area contributed by atoms with E-state index in [9.17, 15) is 29.6 Å². The number of benzene rings is 1. The second-order valence-corrected chi connectivity index (χ2v) is 14.5. The molecule has 4 rings (SSSR count). The van der Waals surface area contributed by atoms with Crippen molar-refractivity contribution in [2.24, 2.45) is 11.8 Å². The van der Waals surface area contributed by atoms with Crippen LogP contribution in [0.15, 0.2) is 48.8 Å². The largest absolute Gasteiger partial charge is 0.466 e. The predicted octanol–water partition coefficient (Wildman–Crippen LogP) is 3.91. The fraction of sp³-hybridized carbons (Fsp3) is 0.545. The van der Waals surface area contributed by atoms with Gasteiger partial charge in [-0.15, -0.1) is 0 Å². The molecule has 0 aliphatic carbocycles. The van der Waals surface area contributed by atoms with Crippen LogP contribution in [0.1, 0.15) is 58.3 Å². The van der Waals surface area contributed by atoms with E-state index in [1.54, 1.807) is 31.2 Å². The molecule has 2 aromatic heterocycles. The summed E-state index contributed by atoms with van der Waals surface area (Å²) in [5, 5.41) is 38.7. The van der Waals surface area contributed by atoms with Gasteiger partial charge in [-0.25, -0.2) is 18.5 Å². The average molecular weight is 720 g/mol. The molecular weight excluding hydrogens is 676 g/mol. The molecule has 1 aromatic carbocycles. The number of alkyl halides is 1. The monoisotopic (exact) mass is 719 g/mol. The quantitative estimate of drug-likeness (QED) is 0.134. The Hall–Kier alpha value is -3.97. The van der Waals surface area contributed by atoms with E-state index in [1.807, 2.05) is 27.7 Å². The maximum Gasteiger partial charge on any atom is 0.459 e. The number of esters is 2. The minimum Gasteiger partial charge on any atom is -0.466 e. The number of nitriles is 1. The molecule has 1 aliphatic heterocycles. The van der Waals surface area contributed by atoms with Crippen molar-refractivity contribution < 1.29 is 52.0 Å². The molecule has 3 heterocycles. The Bertz CT molecular complexity index is 1720. The number of hydrogen-bond donors (Lipinski definition) is 3. The van der Waals surface area contributed by atoms with Crippen LogP contribution in [-0.4, -0.2) is 80.7 Å². The summed E-state index contributed by atoms with van der Waals surface area (Å²) < 4.78 is 59.4. The Labute approximate surface area is 289 Å². The first-order valence-electron chi connectivity index (χ1n) is 16.2. The number of carbonyl (C=O) groups is 2. The molecule has 1 fully saturated rings. The lowest BCUT2D eigenvalue weighted by atomic mass is 9.92. The molecule has 0 amide bonds. The molecule has 50 heavy (non-hydrogen) atoms. The maximum atomic E-state index is 16.6. The predicted molar refractivity (Wildman–Crippen MR) is 175 cm³/mol. The highest BCUT2D eigenvalue weighted by Crippen LogP contribution is 2.51. The van der Waals surface area contributed by atoms with Crippen molar-refractivity contribution in [1.29, 1.82) is 5.26 Å². The minimum absolute atomic E-state index is 0.0115. The molecule has 0 saturated carbocycles. The summed E-state index contributed by atoms with van der Waals surface area (Å²) in [5.41, 5.74) is -1.69. The second-order valence-electron chi connectivity index (χ2n) is 12.8. The van der Waals surface area contributed by atoms with Crippen LogP contribution in [0.3, 0.4) is 0 Å². The molecule has 3 aromatic rings. The zero-order valence-corrected chi connectivity index (χ0v) is 29.4. The van der Waals surface area contributed by atoms with E-state index in [1.165, 1.54) is 35.1 Å². The van der Waals surface area contributed by atoms with Gasteiger partial charge in [0.05, 0.1) is 36.5 Å². The second kappa shape index (κ2) is 16.4. The van der Waals surface area contributed by atoms with Gasteiger partial charge in [-0.1, -0.05) is 45.9 Å². The van der Waals surface area contributed by atoms with Crippen molar-refractivity contribution in [3.8, 4) is 11.8 Å². The van der Waals surface area contributed by atoms with E-state index >= 15 is 4.39 Å². The van der Waals surface area contributed by atoms with Gasteiger partial charge in [0.15, 0.2) is 0 Å². The summed E-state index contributed by atoms with van der Waals surface area (Å²) >= 11 is 0. The van der Waals surface area contributed by atoms with Gasteiger partial charge in [-0.3, -0.25) is 14.1 Å². The number of ether oxygens (including phenoxy) is 3. The van der Waals surface area contributed by atoms with Crippen LogP contribution in [0.25, 0.3) is 5.52 Å². The van der Waals surface area contributed by atoms with Gasteiger partial charge >= 0.3 is 19.7 Å². The summed E-state index contributed by atoms with van der Waals surface area (Å²) in [6, 6.07) is 10.6. The Morgan fingerprint density at radius 1 is 1.08 bits per heavy atom. The highest BCUT2D eigenvalue weighted by molar-refractivity contribution is 7.52. The fourth-order valence-corrected chi connectivity index (χ4v) is 6.54. The summed E-state index contributed by atoms with van der Waals surface area (Å²) in [4.78, 5) is 30.1. The molecule has 0 radical (unpaired) electrons. The van der Waals surface area contributed by atoms with Crippen molar-refractivity contribution in [2.45, 2.75) is 83.6 Å². The molecule has 0 bridgehead atoms. The number of fused-ring (bicyclic) bond motifs is 1. The number of nitrogens with zero attached hydrogens (tertiary/aromatic N) is 4. The normalized spacial score (nSPS) is 23.8. The van der Waals surface area contributed by atoms with Gasteiger partial charge in [0.25, 0.3) is 5.85 Å². The third-order valence-electron chi connectivity index (χ3n) is 7.95. The number of rotatable bonds is 17. The molecule has 1 saturated heterocycles. The molecule has 1 aliphatic rings. The van der Waals surface area contributed by atoms with E-state index in [4.69, 9.17) is 23.3 Å². The third kappa shape index (κ3) is 9.03. The van der Waals surface area contributed by atoms with Gasteiger partial charge in [0.2, 0.25) is 5.60 Å². The molecule has 3 N–H and O–H groups in total. The lowest BCUT2D eigenvalue weighted by Crippen LogP contribution is -2.45. The van der Waals surface area contributed by atoms with Crippen LogP contribution >= 0.6 is 7.75 Å². The molecule has 0 spiro atoms. The summed E-state index contributed by atoms with van der Waals surface area (Å²) in [5.74, 6) is -4.76. The van der Waals surface area contributed by atoms with E-state index in [-0.39, 0.29) is 36.5 Å². The highest BCUT2D eigenvalue weighted by Gasteiger charge is 2.66. The standard InChI is InChI=1S/C33H43FN5O10P/c1-21(2)13-15-45-28(40)17-25(31(43)46-16-14-22(3)4)38-50(44,48-24-9-7-6-8-10-24)47-19-33(34)30(42)29(41)32(18-35,49-33)27-12-11-26-23(5)36-20-37-39(26)27/h6-12,20-22,25,29-30,41-42H,13-17,19H2,1-5H3,(H,38,44)/t25-,29+,30-,32-,33+,50?/m0/s1. The van der Waals surface area contributed by atoms with E-state index in [0.29, 0.717) is 24.1 Å². The number of aryl methyl sites for hydroxylation is 1. The van der Waals surface area contributed by atoms with Crippen LogP contribution in [0, 0.1) is 30.1 Å². The van der Waals surface area contributed by atoms with Crippen LogP contribution in [0.4, 0.5) is 4.39 Å². The summed E-state index contributed by atoms with van der Waals surface area (Å²) in [7, 11) is -4.88. The number of aliphatic hydroxyl groups is 2. The number of aromatic nitrogens is 3. The number of carbonyl (C=O) groups excluding carboxylic acids is 2. The van der Waals surface area contributed by atoms with Gasteiger partial charge in [0.1, 0.15) is 43.0 Å². The highest BCUT2D eigenvalue weighted by atomic mass is 31.2. The first kappa shape index (κ1) is 38.8. The third-order valence-corrected chi connectivity index (χ3v) is 9.49. The Morgan fingerprint density at radius 3 is 2.38 bits per heavy atom. The first-order valence-corrected chi connectivity index (χ1v) is 17.7. The Morgan fingerprint density at radius 2 is 1.74 bits per heavy atom. The molecule has 272 valence electrons. The first-order chi connectivity index (χ1) is 23.6. The topological polar surface area (TPSA) is 204 Å². The zero-order chi connectivity index (χ0) is 36.7. The van der Waals surface area contributed by atoms with E-state index < -0.39 is 62.4 Å². The van der Waals surface area contributed by atoms with Crippen LogP contribution in [-0.2, 0) is 38.5 Å². The van der Waals surface area contributed by atoms with Crippen molar-refractivity contribution >= 4 is 25.2 Å².